The van der Waals surface area contributed by atoms with Gasteiger partial charge in [-0.15, -0.1) is 0 Å². The van der Waals surface area contributed by atoms with Crippen molar-refractivity contribution in [2.75, 3.05) is 12.8 Å². The molecule has 0 aliphatic rings. The molecule has 1 aromatic heterocycles. The maximum absolute atomic E-state index is 5.21. The molecule has 0 spiro atoms. The van der Waals surface area contributed by atoms with Crippen LogP contribution in [0.3, 0.4) is 0 Å². The van der Waals surface area contributed by atoms with Gasteiger partial charge >= 0.3 is 0 Å². The normalized spacial score (nSPS) is 9.12. The van der Waals surface area contributed by atoms with E-state index in [9.17, 15) is 0 Å². The maximum atomic E-state index is 5.21. The third-order valence-corrected chi connectivity index (χ3v) is 0.803. The van der Waals surface area contributed by atoms with Crippen LogP contribution in [0.25, 0.3) is 0 Å². The highest BCUT2D eigenvalue weighted by molar-refractivity contribution is 5.27. The number of anilines is 1. The van der Waals surface area contributed by atoms with Crippen LogP contribution >= 0.6 is 0 Å². The van der Waals surface area contributed by atoms with Crippen LogP contribution in [0.15, 0.2) is 16.5 Å². The second kappa shape index (κ2) is 1.78. The van der Waals surface area contributed by atoms with Crippen molar-refractivity contribution >= 4 is 5.88 Å². The summed E-state index contributed by atoms with van der Waals surface area (Å²) in [5, 5.41) is 0. The molecule has 44 valence electrons. The summed E-state index contributed by atoms with van der Waals surface area (Å²) in [7, 11) is 1.53. The van der Waals surface area contributed by atoms with Gasteiger partial charge in [-0.05, 0) is 0 Å². The highest BCUT2D eigenvalue weighted by Gasteiger charge is 1.93. The Morgan fingerprint density at radius 1 is 1.62 bits per heavy atom. The van der Waals surface area contributed by atoms with Gasteiger partial charge in [0.1, 0.15) is 0 Å². The lowest BCUT2D eigenvalue weighted by molar-refractivity contribution is 0.310. The number of furan rings is 1. The van der Waals surface area contributed by atoms with Gasteiger partial charge in [-0.3, -0.25) is 0 Å². The molecule has 0 unspecified atom stereocenters. The Labute approximate surface area is 47.0 Å². The minimum atomic E-state index is 0.377. The summed E-state index contributed by atoms with van der Waals surface area (Å²) in [5.74, 6) is 0.823. The van der Waals surface area contributed by atoms with Crippen LogP contribution < -0.4 is 10.5 Å². The molecule has 0 aliphatic heterocycles. The number of hydrogen-bond donors (Lipinski definition) is 1. The number of methoxy groups -OCH3 is 1. The van der Waals surface area contributed by atoms with Crippen molar-refractivity contribution in [2.45, 2.75) is 0 Å². The first-order valence-corrected chi connectivity index (χ1v) is 2.22. The first-order valence-electron chi connectivity index (χ1n) is 2.22. The Kier molecular flexibility index (Phi) is 1.12. The summed E-state index contributed by atoms with van der Waals surface area (Å²) in [6, 6.07) is 3.30. The monoisotopic (exact) mass is 113 g/mol. The molecule has 0 aromatic carbocycles. The van der Waals surface area contributed by atoms with Crippen LogP contribution in [0.5, 0.6) is 5.95 Å². The molecule has 1 rings (SSSR count). The van der Waals surface area contributed by atoms with Crippen molar-refractivity contribution in [3.05, 3.63) is 12.1 Å². The number of nitrogen functional groups attached to an aromatic ring is 1. The van der Waals surface area contributed by atoms with Crippen LogP contribution in [0.2, 0.25) is 0 Å². The molecule has 0 bridgehead atoms. The van der Waals surface area contributed by atoms with E-state index in [2.05, 4.69) is 4.74 Å². The number of rotatable bonds is 1. The molecular formula is C5H7NO2. The average molecular weight is 113 g/mol. The molecule has 1 aromatic rings. The fourth-order valence-electron chi connectivity index (χ4n) is 0.444. The number of hydrogen-bond acceptors (Lipinski definition) is 3. The van der Waals surface area contributed by atoms with E-state index in [1.54, 1.807) is 12.1 Å². The highest BCUT2D eigenvalue weighted by atomic mass is 16.6. The lowest BCUT2D eigenvalue weighted by Gasteiger charge is -1.87. The SMILES string of the molecule is COc1ccc(N)o1. The number of nitrogens with two attached hydrogens (primary N) is 1. The minimum absolute atomic E-state index is 0.377. The van der Waals surface area contributed by atoms with E-state index in [-0.39, 0.29) is 0 Å². The van der Waals surface area contributed by atoms with Gasteiger partial charge in [-0.25, -0.2) is 0 Å². The summed E-state index contributed by atoms with van der Waals surface area (Å²) >= 11 is 0. The molecule has 0 aliphatic carbocycles. The van der Waals surface area contributed by atoms with Gasteiger partial charge in [-0.2, -0.15) is 0 Å². The zero-order chi connectivity index (χ0) is 5.98. The van der Waals surface area contributed by atoms with Crippen LogP contribution in [-0.2, 0) is 0 Å². The molecule has 3 heteroatoms. The van der Waals surface area contributed by atoms with Crippen molar-refractivity contribution in [3.8, 4) is 5.95 Å². The third kappa shape index (κ3) is 0.753. The number of ether oxygens (including phenoxy) is 1. The standard InChI is InChI=1S/C5H7NO2/c1-7-5-3-2-4(6)8-5/h2-3H,6H2,1H3. The molecule has 8 heavy (non-hydrogen) atoms. The summed E-state index contributed by atoms with van der Waals surface area (Å²) in [6.45, 7) is 0. The van der Waals surface area contributed by atoms with Gasteiger partial charge in [0.25, 0.3) is 5.95 Å². The minimum Gasteiger partial charge on any atom is -0.468 e. The Hall–Kier alpha value is -1.12. The predicted octanol–water partition coefficient (Wildman–Crippen LogP) is 0.870. The summed E-state index contributed by atoms with van der Waals surface area (Å²) in [6.07, 6.45) is 0. The molecule has 0 fully saturated rings. The van der Waals surface area contributed by atoms with Gasteiger partial charge in [-0.1, -0.05) is 0 Å². The van der Waals surface area contributed by atoms with E-state index in [4.69, 9.17) is 10.2 Å². The fraction of sp³-hybridized carbons (Fsp3) is 0.200. The second-order valence-corrected chi connectivity index (χ2v) is 1.36. The van der Waals surface area contributed by atoms with Crippen molar-refractivity contribution in [1.29, 1.82) is 0 Å². The van der Waals surface area contributed by atoms with Crippen LogP contribution in [-0.4, -0.2) is 7.11 Å². The quantitative estimate of drug-likeness (QED) is 0.587. The van der Waals surface area contributed by atoms with E-state index in [0.717, 1.165) is 0 Å². The molecule has 0 atom stereocenters. The van der Waals surface area contributed by atoms with Crippen molar-refractivity contribution < 1.29 is 9.15 Å². The second-order valence-electron chi connectivity index (χ2n) is 1.36. The molecule has 0 radical (unpaired) electrons. The van der Waals surface area contributed by atoms with Crippen molar-refractivity contribution in [2.24, 2.45) is 0 Å². The maximum Gasteiger partial charge on any atom is 0.285 e. The first kappa shape index (κ1) is 5.03. The third-order valence-electron chi connectivity index (χ3n) is 0.803. The highest BCUT2D eigenvalue weighted by Crippen LogP contribution is 2.15. The van der Waals surface area contributed by atoms with Gasteiger partial charge in [0.2, 0.25) is 0 Å². The van der Waals surface area contributed by atoms with E-state index >= 15 is 0 Å². The summed E-state index contributed by atoms with van der Waals surface area (Å²) < 4.78 is 9.48. The molecule has 3 nitrogen and oxygen atoms in total. The Bertz CT molecular complexity index is 171. The summed E-state index contributed by atoms with van der Waals surface area (Å²) in [5.41, 5.74) is 5.21. The summed E-state index contributed by atoms with van der Waals surface area (Å²) in [4.78, 5) is 0. The molecule has 0 saturated carbocycles. The van der Waals surface area contributed by atoms with Gasteiger partial charge in [0.15, 0.2) is 5.88 Å². The molecular weight excluding hydrogens is 106 g/mol. The lowest BCUT2D eigenvalue weighted by atomic mass is 10.6. The van der Waals surface area contributed by atoms with Gasteiger partial charge in [0.05, 0.1) is 7.11 Å². The predicted molar refractivity (Wildman–Crippen MR) is 29.7 cm³/mol. The van der Waals surface area contributed by atoms with Gasteiger partial charge < -0.3 is 14.9 Å². The Balaban J connectivity index is 2.84. The van der Waals surface area contributed by atoms with E-state index < -0.39 is 0 Å². The Morgan fingerprint density at radius 3 is 2.62 bits per heavy atom. The Morgan fingerprint density at radius 2 is 2.38 bits per heavy atom. The lowest BCUT2D eigenvalue weighted by Crippen LogP contribution is -1.78. The average Bonchev–Trinajstić information content (AvgIpc) is 2.14. The zero-order valence-corrected chi connectivity index (χ0v) is 4.55. The topological polar surface area (TPSA) is 48.4 Å². The van der Waals surface area contributed by atoms with Crippen molar-refractivity contribution in [3.63, 3.8) is 0 Å². The first-order chi connectivity index (χ1) is 3.83. The smallest absolute Gasteiger partial charge is 0.285 e. The van der Waals surface area contributed by atoms with E-state index in [1.807, 2.05) is 0 Å². The molecule has 0 saturated heterocycles. The molecule has 1 heterocycles. The molecule has 2 N–H and O–H groups in total. The molecule has 0 amide bonds. The van der Waals surface area contributed by atoms with E-state index in [0.29, 0.717) is 11.8 Å². The van der Waals surface area contributed by atoms with Crippen molar-refractivity contribution in [1.82, 2.24) is 0 Å². The zero-order valence-electron chi connectivity index (χ0n) is 4.55. The van der Waals surface area contributed by atoms with Crippen LogP contribution in [0, 0.1) is 0 Å². The van der Waals surface area contributed by atoms with E-state index in [1.165, 1.54) is 7.11 Å². The van der Waals surface area contributed by atoms with Crippen LogP contribution in [0.1, 0.15) is 0 Å². The fourth-order valence-corrected chi connectivity index (χ4v) is 0.444. The largest absolute Gasteiger partial charge is 0.468 e. The van der Waals surface area contributed by atoms with Crippen LogP contribution in [0.4, 0.5) is 5.88 Å². The van der Waals surface area contributed by atoms with Gasteiger partial charge in [0, 0.05) is 12.1 Å².